The molecule has 1 aromatic carbocycles. The molecule has 1 fully saturated rings. The normalized spacial score (nSPS) is 20.8. The zero-order valence-electron chi connectivity index (χ0n) is 11.9. The van der Waals surface area contributed by atoms with E-state index in [1.165, 1.54) is 12.1 Å². The van der Waals surface area contributed by atoms with E-state index in [-0.39, 0.29) is 23.7 Å². The summed E-state index contributed by atoms with van der Waals surface area (Å²) in [4.78, 5) is 14.0. The molecule has 1 N–H and O–H groups in total. The molecule has 3 nitrogen and oxygen atoms in total. The van der Waals surface area contributed by atoms with Crippen molar-refractivity contribution in [2.75, 3.05) is 13.1 Å². The predicted molar refractivity (Wildman–Crippen MR) is 75.7 cm³/mol. The Kier molecular flexibility index (Phi) is 5.12. The third kappa shape index (κ3) is 4.04. The lowest BCUT2D eigenvalue weighted by atomic mass is 9.98. The maximum absolute atomic E-state index is 13.1. The van der Waals surface area contributed by atoms with Gasteiger partial charge in [-0.15, -0.1) is 0 Å². The third-order valence-corrected chi connectivity index (χ3v) is 3.88. The van der Waals surface area contributed by atoms with Crippen molar-refractivity contribution < 1.29 is 14.3 Å². The van der Waals surface area contributed by atoms with Gasteiger partial charge in [0.2, 0.25) is 5.91 Å². The van der Waals surface area contributed by atoms with E-state index >= 15 is 0 Å². The van der Waals surface area contributed by atoms with Gasteiger partial charge in [0.25, 0.3) is 0 Å². The molecule has 2 atom stereocenters. The molecule has 1 heterocycles. The molecule has 2 unspecified atom stereocenters. The number of hydrogen-bond acceptors (Lipinski definition) is 2. The zero-order valence-corrected chi connectivity index (χ0v) is 11.9. The molecule has 2 rings (SSSR count). The number of likely N-dealkylation sites (tertiary alicyclic amines) is 1. The van der Waals surface area contributed by atoms with Crippen molar-refractivity contribution in [2.45, 2.75) is 38.7 Å². The van der Waals surface area contributed by atoms with Crippen molar-refractivity contribution in [3.8, 4) is 0 Å². The Labute approximate surface area is 119 Å². The van der Waals surface area contributed by atoms with E-state index in [1.807, 2.05) is 13.0 Å². The lowest BCUT2D eigenvalue weighted by Gasteiger charge is -2.32. The molecular weight excluding hydrogens is 257 g/mol. The number of benzene rings is 1. The SMILES string of the molecule is CC(CCc1cccc(F)c1)C(=O)N1CCCC(O)C1. The Hall–Kier alpha value is -1.42. The number of β-amino-alcohol motifs (C(OH)–C–C–N with tert-alkyl or cyclic N) is 1. The second kappa shape index (κ2) is 6.84. The van der Waals surface area contributed by atoms with Gasteiger partial charge in [-0.2, -0.15) is 0 Å². The fourth-order valence-electron chi connectivity index (χ4n) is 2.67. The number of rotatable bonds is 4. The molecule has 1 aliphatic heterocycles. The van der Waals surface area contributed by atoms with Crippen LogP contribution in [0.1, 0.15) is 31.7 Å². The summed E-state index contributed by atoms with van der Waals surface area (Å²) in [5.74, 6) is -0.232. The molecule has 0 radical (unpaired) electrons. The summed E-state index contributed by atoms with van der Waals surface area (Å²) in [5, 5.41) is 9.61. The number of amides is 1. The van der Waals surface area contributed by atoms with Gasteiger partial charge in [0.1, 0.15) is 5.82 Å². The summed E-state index contributed by atoms with van der Waals surface area (Å²) in [6.45, 7) is 3.09. The van der Waals surface area contributed by atoms with E-state index in [0.29, 0.717) is 19.4 Å². The number of aliphatic hydroxyl groups is 1. The number of nitrogens with zero attached hydrogens (tertiary/aromatic N) is 1. The zero-order chi connectivity index (χ0) is 14.5. The Balaban J connectivity index is 1.84. The van der Waals surface area contributed by atoms with Crippen LogP contribution in [-0.2, 0) is 11.2 Å². The Morgan fingerprint density at radius 3 is 3.05 bits per heavy atom. The third-order valence-electron chi connectivity index (χ3n) is 3.88. The molecule has 0 bridgehead atoms. The van der Waals surface area contributed by atoms with Crippen molar-refractivity contribution in [3.05, 3.63) is 35.6 Å². The van der Waals surface area contributed by atoms with E-state index in [4.69, 9.17) is 0 Å². The fraction of sp³-hybridized carbons (Fsp3) is 0.562. The summed E-state index contributed by atoms with van der Waals surface area (Å²) >= 11 is 0. The van der Waals surface area contributed by atoms with Crippen LogP contribution in [-0.4, -0.2) is 35.1 Å². The molecule has 1 amide bonds. The van der Waals surface area contributed by atoms with Crippen LogP contribution in [0.3, 0.4) is 0 Å². The average molecular weight is 279 g/mol. The molecule has 20 heavy (non-hydrogen) atoms. The first-order chi connectivity index (χ1) is 9.56. The van der Waals surface area contributed by atoms with Crippen molar-refractivity contribution in [1.82, 2.24) is 4.90 Å². The van der Waals surface area contributed by atoms with E-state index < -0.39 is 0 Å². The highest BCUT2D eigenvalue weighted by molar-refractivity contribution is 5.78. The van der Waals surface area contributed by atoms with Crippen LogP contribution < -0.4 is 0 Å². The molecular formula is C16H22FNO2. The van der Waals surface area contributed by atoms with E-state index in [1.54, 1.807) is 11.0 Å². The maximum atomic E-state index is 13.1. The number of aryl methyl sites for hydroxylation is 1. The number of halogens is 1. The molecule has 1 aromatic rings. The predicted octanol–water partition coefficient (Wildman–Crippen LogP) is 2.38. The minimum absolute atomic E-state index is 0.0939. The topological polar surface area (TPSA) is 40.5 Å². The van der Waals surface area contributed by atoms with Gasteiger partial charge in [0.15, 0.2) is 0 Å². The van der Waals surface area contributed by atoms with E-state index in [2.05, 4.69) is 0 Å². The summed E-state index contributed by atoms with van der Waals surface area (Å²) in [7, 11) is 0. The summed E-state index contributed by atoms with van der Waals surface area (Å²) < 4.78 is 13.1. The lowest BCUT2D eigenvalue weighted by molar-refractivity contribution is -0.138. The van der Waals surface area contributed by atoms with Crippen molar-refractivity contribution in [1.29, 1.82) is 0 Å². The van der Waals surface area contributed by atoms with Gasteiger partial charge < -0.3 is 10.0 Å². The van der Waals surface area contributed by atoms with Crippen LogP contribution in [0.5, 0.6) is 0 Å². The van der Waals surface area contributed by atoms with Crippen LogP contribution >= 0.6 is 0 Å². The summed E-state index contributed by atoms with van der Waals surface area (Å²) in [6.07, 6.45) is 2.66. The molecule has 0 spiro atoms. The quantitative estimate of drug-likeness (QED) is 0.919. The molecule has 1 saturated heterocycles. The molecule has 0 aliphatic carbocycles. The van der Waals surface area contributed by atoms with Crippen LogP contribution in [0, 0.1) is 11.7 Å². The minimum atomic E-state index is -0.386. The molecule has 4 heteroatoms. The number of carbonyl (C=O) groups excluding carboxylic acids is 1. The van der Waals surface area contributed by atoms with Gasteiger partial charge in [-0.1, -0.05) is 19.1 Å². The van der Waals surface area contributed by atoms with Crippen molar-refractivity contribution >= 4 is 5.91 Å². The smallest absolute Gasteiger partial charge is 0.225 e. The molecule has 0 saturated carbocycles. The number of hydrogen-bond donors (Lipinski definition) is 1. The molecule has 110 valence electrons. The maximum Gasteiger partial charge on any atom is 0.225 e. The standard InChI is InChI=1S/C16H22FNO2/c1-12(7-8-13-4-2-5-14(17)10-13)16(20)18-9-3-6-15(19)11-18/h2,4-5,10,12,15,19H,3,6-9,11H2,1H3. The van der Waals surface area contributed by atoms with Crippen molar-refractivity contribution in [2.24, 2.45) is 5.92 Å². The Morgan fingerprint density at radius 1 is 1.55 bits per heavy atom. The van der Waals surface area contributed by atoms with Gasteiger partial charge in [-0.25, -0.2) is 4.39 Å². The highest BCUT2D eigenvalue weighted by Gasteiger charge is 2.25. The van der Waals surface area contributed by atoms with Gasteiger partial charge in [0.05, 0.1) is 6.10 Å². The van der Waals surface area contributed by atoms with Crippen molar-refractivity contribution in [3.63, 3.8) is 0 Å². The van der Waals surface area contributed by atoms with Crippen LogP contribution in [0.25, 0.3) is 0 Å². The van der Waals surface area contributed by atoms with Crippen LogP contribution in [0.15, 0.2) is 24.3 Å². The average Bonchev–Trinajstić information content (AvgIpc) is 2.44. The Bertz CT molecular complexity index is 464. The second-order valence-electron chi connectivity index (χ2n) is 5.65. The molecule has 1 aliphatic rings. The first-order valence-corrected chi connectivity index (χ1v) is 7.27. The highest BCUT2D eigenvalue weighted by Crippen LogP contribution is 2.17. The van der Waals surface area contributed by atoms with E-state index in [0.717, 1.165) is 24.9 Å². The van der Waals surface area contributed by atoms with E-state index in [9.17, 15) is 14.3 Å². The first-order valence-electron chi connectivity index (χ1n) is 7.27. The first kappa shape index (κ1) is 15.0. The fourth-order valence-corrected chi connectivity index (χ4v) is 2.67. The summed E-state index contributed by atoms with van der Waals surface area (Å²) in [6, 6.07) is 6.51. The number of piperidine rings is 1. The summed E-state index contributed by atoms with van der Waals surface area (Å²) in [5.41, 5.74) is 0.920. The number of aliphatic hydroxyl groups excluding tert-OH is 1. The largest absolute Gasteiger partial charge is 0.391 e. The minimum Gasteiger partial charge on any atom is -0.391 e. The van der Waals surface area contributed by atoms with Gasteiger partial charge in [-0.3, -0.25) is 4.79 Å². The van der Waals surface area contributed by atoms with Crippen LogP contribution in [0.4, 0.5) is 4.39 Å². The lowest BCUT2D eigenvalue weighted by Crippen LogP contribution is -2.44. The number of carbonyl (C=O) groups is 1. The monoisotopic (exact) mass is 279 g/mol. The molecule has 0 aromatic heterocycles. The van der Waals surface area contributed by atoms with Crippen LogP contribution in [0.2, 0.25) is 0 Å². The second-order valence-corrected chi connectivity index (χ2v) is 5.65. The van der Waals surface area contributed by atoms with Gasteiger partial charge in [-0.05, 0) is 43.4 Å². The van der Waals surface area contributed by atoms with Gasteiger partial charge in [0, 0.05) is 19.0 Å². The Morgan fingerprint density at radius 2 is 2.35 bits per heavy atom. The highest BCUT2D eigenvalue weighted by atomic mass is 19.1. The van der Waals surface area contributed by atoms with Gasteiger partial charge >= 0.3 is 0 Å².